The molecule has 0 aliphatic rings. The van der Waals surface area contributed by atoms with Gasteiger partial charge in [-0.25, -0.2) is 0 Å². The van der Waals surface area contributed by atoms with Gasteiger partial charge < -0.3 is 27.9 Å². The van der Waals surface area contributed by atoms with Crippen LogP contribution in [0.3, 0.4) is 0 Å². The summed E-state index contributed by atoms with van der Waals surface area (Å²) in [7, 11) is 1.16. The van der Waals surface area contributed by atoms with Crippen molar-refractivity contribution in [3.8, 4) is 0 Å². The largest absolute Gasteiger partial charge is 0.756 e. The Hall–Kier alpha value is -2.29. The highest BCUT2D eigenvalue weighted by Gasteiger charge is 2.22. The average Bonchev–Trinajstić information content (AvgIpc) is 3.49. The molecule has 0 aliphatic heterocycles. The normalized spacial score (nSPS) is 13.5. The fraction of sp³-hybridized carbons (Fsp3) is 0.836. The van der Waals surface area contributed by atoms with Gasteiger partial charge in [-0.2, -0.15) is 0 Å². The van der Waals surface area contributed by atoms with E-state index in [9.17, 15) is 19.0 Å². The molecule has 0 aliphatic carbocycles. The van der Waals surface area contributed by atoms with Crippen LogP contribution in [0.4, 0.5) is 0 Å². The molecule has 83 heavy (non-hydrogen) atoms. The third-order valence-corrected chi connectivity index (χ3v) is 16.8. The molecule has 2 atom stereocenters. The fourth-order valence-corrected chi connectivity index (χ4v) is 11.1. The first-order valence-electron chi connectivity index (χ1n) is 35.5. The van der Waals surface area contributed by atoms with E-state index in [2.05, 4.69) is 74.6 Å². The van der Waals surface area contributed by atoms with Gasteiger partial charge in [0.2, 0.25) is 0 Å². The molecule has 0 saturated heterocycles. The number of carbonyl (C=O) groups excluding carboxylic acids is 2. The van der Waals surface area contributed by atoms with Gasteiger partial charge in [-0.05, 0) is 57.8 Å². The van der Waals surface area contributed by atoms with Crippen molar-refractivity contribution in [1.29, 1.82) is 0 Å². The number of likely N-dealkylation sites (N-methyl/N-ethyl adjacent to an activating group) is 1. The number of quaternary nitrogens is 1. The molecular formula is C73H136NO8P. The van der Waals surface area contributed by atoms with E-state index in [-0.39, 0.29) is 32.0 Å². The van der Waals surface area contributed by atoms with Gasteiger partial charge in [-0.1, -0.05) is 331 Å². The highest BCUT2D eigenvalue weighted by Crippen LogP contribution is 2.38. The first-order chi connectivity index (χ1) is 40.5. The van der Waals surface area contributed by atoms with Crippen LogP contribution in [-0.4, -0.2) is 70.0 Å². The van der Waals surface area contributed by atoms with Crippen molar-refractivity contribution in [3.05, 3.63) is 60.8 Å². The minimum atomic E-state index is -4.65. The zero-order chi connectivity index (χ0) is 60.5. The summed E-state index contributed by atoms with van der Waals surface area (Å²) in [6.45, 7) is 4.15. The Morgan fingerprint density at radius 3 is 1.02 bits per heavy atom. The summed E-state index contributed by atoms with van der Waals surface area (Å²) in [5.74, 6) is -0.844. The molecule has 0 N–H and O–H groups in total. The van der Waals surface area contributed by atoms with Crippen molar-refractivity contribution in [2.45, 2.75) is 347 Å². The first-order valence-corrected chi connectivity index (χ1v) is 37.0. The SMILES string of the molecule is CC/C=C\C/C=C\C/C=C\C/C=C\C/C=C\CCCCCCCC(=O)OC(COC(=O)CCCCCCCCCCCCCCCCCCCCCCCCCCCCCCCCCCCCCCCC)COP(=O)([O-])OCC[N+](C)(C)C. The van der Waals surface area contributed by atoms with Gasteiger partial charge in [0.1, 0.15) is 19.8 Å². The zero-order valence-corrected chi connectivity index (χ0v) is 56.3. The van der Waals surface area contributed by atoms with Gasteiger partial charge in [-0.3, -0.25) is 14.2 Å². The van der Waals surface area contributed by atoms with Crippen LogP contribution in [0, 0.1) is 0 Å². The van der Waals surface area contributed by atoms with Gasteiger partial charge in [0.05, 0.1) is 27.7 Å². The Labute approximate surface area is 515 Å². The molecule has 486 valence electrons. The molecule has 2 unspecified atom stereocenters. The molecule has 0 fully saturated rings. The van der Waals surface area contributed by atoms with Crippen LogP contribution < -0.4 is 4.89 Å². The van der Waals surface area contributed by atoms with Gasteiger partial charge in [0.25, 0.3) is 7.82 Å². The lowest BCUT2D eigenvalue weighted by Gasteiger charge is -2.28. The van der Waals surface area contributed by atoms with Crippen molar-refractivity contribution in [2.24, 2.45) is 0 Å². The number of carbonyl (C=O) groups is 2. The molecule has 0 saturated carbocycles. The van der Waals surface area contributed by atoms with Crippen molar-refractivity contribution in [2.75, 3.05) is 47.5 Å². The average molecular weight is 1190 g/mol. The van der Waals surface area contributed by atoms with E-state index >= 15 is 0 Å². The maximum atomic E-state index is 12.8. The molecule has 0 spiro atoms. The number of phosphoric ester groups is 1. The molecule has 0 heterocycles. The molecule has 0 radical (unpaired) electrons. The van der Waals surface area contributed by atoms with Crippen LogP contribution in [0.15, 0.2) is 60.8 Å². The monoisotopic (exact) mass is 1190 g/mol. The van der Waals surface area contributed by atoms with Crippen LogP contribution >= 0.6 is 7.82 Å². The Morgan fingerprint density at radius 1 is 0.386 bits per heavy atom. The summed E-state index contributed by atoms with van der Waals surface area (Å²) in [6, 6.07) is 0. The summed E-state index contributed by atoms with van der Waals surface area (Å²) in [5.41, 5.74) is 0. The molecule has 10 heteroatoms. The minimum absolute atomic E-state index is 0.0359. The quantitative estimate of drug-likeness (QED) is 0.0195. The lowest BCUT2D eigenvalue weighted by molar-refractivity contribution is -0.870. The maximum absolute atomic E-state index is 12.8. The number of ether oxygens (including phenoxy) is 2. The topological polar surface area (TPSA) is 111 Å². The van der Waals surface area contributed by atoms with E-state index in [0.717, 1.165) is 83.5 Å². The van der Waals surface area contributed by atoms with Crippen molar-refractivity contribution < 1.29 is 42.1 Å². The van der Waals surface area contributed by atoms with E-state index in [1.165, 1.54) is 225 Å². The lowest BCUT2D eigenvalue weighted by atomic mass is 10.0. The highest BCUT2D eigenvalue weighted by molar-refractivity contribution is 7.45. The summed E-state index contributed by atoms with van der Waals surface area (Å²) in [4.78, 5) is 38.0. The smallest absolute Gasteiger partial charge is 0.306 e. The Bertz CT molecular complexity index is 1580. The molecule has 0 bridgehead atoms. The number of hydrogen-bond acceptors (Lipinski definition) is 8. The highest BCUT2D eigenvalue weighted by atomic mass is 31.2. The number of esters is 2. The second kappa shape index (κ2) is 64.2. The Balaban J connectivity index is 3.93. The van der Waals surface area contributed by atoms with Gasteiger partial charge in [-0.15, -0.1) is 0 Å². The van der Waals surface area contributed by atoms with Gasteiger partial charge in [0.15, 0.2) is 6.10 Å². The predicted molar refractivity (Wildman–Crippen MR) is 356 cm³/mol. The Kier molecular flexibility index (Phi) is 62.4. The number of phosphoric acid groups is 1. The molecule has 0 aromatic heterocycles. The van der Waals surface area contributed by atoms with Crippen molar-refractivity contribution in [1.82, 2.24) is 0 Å². The Morgan fingerprint density at radius 2 is 0.687 bits per heavy atom. The van der Waals surface area contributed by atoms with Gasteiger partial charge in [0, 0.05) is 12.8 Å². The third kappa shape index (κ3) is 68.7. The number of unbranched alkanes of at least 4 members (excludes halogenated alkanes) is 42. The van der Waals surface area contributed by atoms with Crippen LogP contribution in [-0.2, 0) is 32.7 Å². The molecular weight excluding hydrogens is 1050 g/mol. The van der Waals surface area contributed by atoms with Crippen molar-refractivity contribution >= 4 is 19.8 Å². The number of hydrogen-bond donors (Lipinski definition) is 0. The molecule has 0 rings (SSSR count). The zero-order valence-electron chi connectivity index (χ0n) is 55.4. The van der Waals surface area contributed by atoms with E-state index < -0.39 is 26.5 Å². The number of rotatable bonds is 66. The molecule has 0 aromatic rings. The van der Waals surface area contributed by atoms with E-state index in [4.69, 9.17) is 18.5 Å². The minimum Gasteiger partial charge on any atom is -0.756 e. The molecule has 0 amide bonds. The lowest BCUT2D eigenvalue weighted by Crippen LogP contribution is -2.37. The standard InChI is InChI=1S/C73H136NO8P/c1-6-8-10-12-14-16-18-20-22-24-26-28-29-30-31-32-33-34-35-36-37-38-39-40-41-42-43-44-46-47-49-51-53-55-57-59-61-63-65-72(75)79-69-71(70-81-83(77,78)80-68-67-74(3,4)5)82-73(76)66-64-62-60-58-56-54-52-50-48-45-27-25-23-21-19-17-15-13-11-9-7-2/h9,11,15,17,21,23,27,45,50,52,71H,6-8,10,12-14,16,18-20,22,24-26,28-44,46-49,51,53-70H2,1-5H3/b11-9-,17-15-,23-21-,45-27-,52-50-. The second-order valence-electron chi connectivity index (χ2n) is 25.2. The fourth-order valence-electron chi connectivity index (χ4n) is 10.4. The van der Waals surface area contributed by atoms with Crippen LogP contribution in [0.5, 0.6) is 0 Å². The van der Waals surface area contributed by atoms with E-state index in [1.807, 2.05) is 21.1 Å². The summed E-state index contributed by atoms with van der Waals surface area (Å²) < 4.78 is 34.3. The summed E-state index contributed by atoms with van der Waals surface area (Å²) in [5, 5.41) is 0. The predicted octanol–water partition coefficient (Wildman–Crippen LogP) is 22.4. The molecule has 9 nitrogen and oxygen atoms in total. The summed E-state index contributed by atoms with van der Waals surface area (Å²) >= 11 is 0. The summed E-state index contributed by atoms with van der Waals surface area (Å²) in [6.07, 6.45) is 84.8. The number of nitrogens with zero attached hydrogens (tertiary/aromatic N) is 1. The first kappa shape index (κ1) is 80.7. The maximum Gasteiger partial charge on any atom is 0.306 e. The molecule has 0 aromatic carbocycles. The van der Waals surface area contributed by atoms with Gasteiger partial charge >= 0.3 is 11.9 Å². The van der Waals surface area contributed by atoms with Crippen molar-refractivity contribution in [3.63, 3.8) is 0 Å². The van der Waals surface area contributed by atoms with Crippen LogP contribution in [0.25, 0.3) is 0 Å². The van der Waals surface area contributed by atoms with E-state index in [0.29, 0.717) is 17.4 Å². The van der Waals surface area contributed by atoms with E-state index in [1.54, 1.807) is 0 Å². The second-order valence-corrected chi connectivity index (χ2v) is 26.6. The number of allylic oxidation sites excluding steroid dienone is 10. The van der Waals surface area contributed by atoms with Crippen LogP contribution in [0.1, 0.15) is 341 Å². The third-order valence-electron chi connectivity index (χ3n) is 15.8. The van der Waals surface area contributed by atoms with Crippen LogP contribution in [0.2, 0.25) is 0 Å².